The molecule has 3 aromatic heterocycles. The van der Waals surface area contributed by atoms with Crippen molar-refractivity contribution in [2.24, 2.45) is 5.73 Å². The van der Waals surface area contributed by atoms with E-state index in [1.54, 1.807) is 22.1 Å². The van der Waals surface area contributed by atoms with Gasteiger partial charge in [0.05, 0.1) is 22.2 Å². The quantitative estimate of drug-likeness (QED) is 0.286. The van der Waals surface area contributed by atoms with Gasteiger partial charge in [-0.05, 0) is 30.0 Å². The Labute approximate surface area is 191 Å². The standard InChI is InChI=1S/C21H22N6O3S2/c1-2-3-6-10-26-19(30)13-7-4-5-8-15(13)27-20(26)24-25-21(27)32-12-16(28)23-18-14(17(22)29)9-11-31-18/h4-5,7-9,11H,2-3,6,10,12H2,1H3,(H2,22,29)(H,23,28). The van der Waals surface area contributed by atoms with E-state index < -0.39 is 5.91 Å². The van der Waals surface area contributed by atoms with Crippen LogP contribution < -0.4 is 16.6 Å². The molecule has 0 saturated carbocycles. The van der Waals surface area contributed by atoms with Crippen LogP contribution in [0.25, 0.3) is 16.7 Å². The molecule has 0 spiro atoms. The Morgan fingerprint density at radius 3 is 2.78 bits per heavy atom. The largest absolute Gasteiger partial charge is 0.366 e. The molecule has 32 heavy (non-hydrogen) atoms. The Morgan fingerprint density at radius 1 is 1.19 bits per heavy atom. The Morgan fingerprint density at radius 2 is 2.00 bits per heavy atom. The smallest absolute Gasteiger partial charge is 0.262 e. The van der Waals surface area contributed by atoms with Crippen LogP contribution in [-0.4, -0.2) is 36.7 Å². The van der Waals surface area contributed by atoms with Crippen molar-refractivity contribution in [2.75, 3.05) is 11.1 Å². The molecule has 2 amide bonds. The van der Waals surface area contributed by atoms with Crippen molar-refractivity contribution in [2.45, 2.75) is 37.9 Å². The lowest BCUT2D eigenvalue weighted by Gasteiger charge is -2.11. The first-order chi connectivity index (χ1) is 15.5. The summed E-state index contributed by atoms with van der Waals surface area (Å²) in [6, 6.07) is 8.89. The fourth-order valence-electron chi connectivity index (χ4n) is 3.44. The molecule has 3 N–H and O–H groups in total. The van der Waals surface area contributed by atoms with Gasteiger partial charge in [0.15, 0.2) is 5.16 Å². The summed E-state index contributed by atoms with van der Waals surface area (Å²) in [6.07, 6.45) is 2.92. The van der Waals surface area contributed by atoms with Crippen LogP contribution in [0.4, 0.5) is 5.00 Å². The minimum Gasteiger partial charge on any atom is -0.366 e. The second-order valence-electron chi connectivity index (χ2n) is 7.16. The summed E-state index contributed by atoms with van der Waals surface area (Å²) in [7, 11) is 0. The normalized spacial score (nSPS) is 11.3. The SMILES string of the molecule is CCCCCn1c(=O)c2ccccc2n2c(SCC(=O)Nc3sccc3C(N)=O)nnc12. The molecule has 0 fully saturated rings. The van der Waals surface area contributed by atoms with Gasteiger partial charge in [-0.1, -0.05) is 43.7 Å². The molecule has 0 atom stereocenters. The van der Waals surface area contributed by atoms with E-state index in [0.717, 1.165) is 19.3 Å². The van der Waals surface area contributed by atoms with Gasteiger partial charge in [0.1, 0.15) is 5.00 Å². The molecule has 4 rings (SSSR count). The van der Waals surface area contributed by atoms with Crippen molar-refractivity contribution in [3.8, 4) is 0 Å². The van der Waals surface area contributed by atoms with E-state index in [4.69, 9.17) is 5.73 Å². The van der Waals surface area contributed by atoms with Gasteiger partial charge < -0.3 is 11.1 Å². The molecule has 0 bridgehead atoms. The predicted molar refractivity (Wildman–Crippen MR) is 126 cm³/mol. The van der Waals surface area contributed by atoms with E-state index >= 15 is 0 Å². The average molecular weight is 471 g/mol. The molecule has 0 unspecified atom stereocenters. The van der Waals surface area contributed by atoms with Crippen LogP contribution in [-0.2, 0) is 11.3 Å². The van der Waals surface area contributed by atoms with Crippen LogP contribution in [0.15, 0.2) is 45.7 Å². The number of aromatic nitrogens is 4. The third-order valence-electron chi connectivity index (χ3n) is 4.98. The Bertz CT molecular complexity index is 1360. The maximum atomic E-state index is 13.1. The van der Waals surface area contributed by atoms with Crippen molar-refractivity contribution in [3.05, 3.63) is 51.6 Å². The van der Waals surface area contributed by atoms with Crippen molar-refractivity contribution in [1.82, 2.24) is 19.2 Å². The lowest BCUT2D eigenvalue weighted by molar-refractivity contribution is -0.113. The van der Waals surface area contributed by atoms with Crippen LogP contribution >= 0.6 is 23.1 Å². The third kappa shape index (κ3) is 4.26. The zero-order chi connectivity index (χ0) is 22.7. The van der Waals surface area contributed by atoms with Gasteiger partial charge in [-0.25, -0.2) is 0 Å². The van der Waals surface area contributed by atoms with E-state index in [9.17, 15) is 14.4 Å². The summed E-state index contributed by atoms with van der Waals surface area (Å²) in [4.78, 5) is 37.0. The van der Waals surface area contributed by atoms with E-state index in [0.29, 0.717) is 33.4 Å². The number of nitrogens with one attached hydrogen (secondary N) is 1. The number of nitrogens with two attached hydrogens (primary N) is 1. The molecule has 11 heteroatoms. The van der Waals surface area contributed by atoms with Gasteiger partial charge in [0.2, 0.25) is 11.7 Å². The van der Waals surface area contributed by atoms with Crippen molar-refractivity contribution in [3.63, 3.8) is 0 Å². The number of thiophene rings is 1. The van der Waals surface area contributed by atoms with E-state index in [1.165, 1.54) is 23.1 Å². The van der Waals surface area contributed by atoms with Gasteiger partial charge >= 0.3 is 0 Å². The number of fused-ring (bicyclic) bond motifs is 3. The highest BCUT2D eigenvalue weighted by molar-refractivity contribution is 7.99. The van der Waals surface area contributed by atoms with Crippen molar-refractivity contribution in [1.29, 1.82) is 0 Å². The van der Waals surface area contributed by atoms with Gasteiger partial charge in [0.25, 0.3) is 11.5 Å². The number of nitrogens with zero attached hydrogens (tertiary/aromatic N) is 4. The molecule has 1 aromatic carbocycles. The second-order valence-corrected chi connectivity index (χ2v) is 9.02. The fourth-order valence-corrected chi connectivity index (χ4v) is 4.99. The first-order valence-electron chi connectivity index (χ1n) is 10.2. The lowest BCUT2D eigenvalue weighted by Crippen LogP contribution is -2.23. The first kappa shape index (κ1) is 22.0. The van der Waals surface area contributed by atoms with Gasteiger partial charge in [0, 0.05) is 6.54 Å². The number of para-hydroxylation sites is 1. The molecular formula is C21H22N6O3S2. The second kappa shape index (κ2) is 9.53. The molecular weight excluding hydrogens is 448 g/mol. The molecule has 0 aliphatic rings. The summed E-state index contributed by atoms with van der Waals surface area (Å²) in [6.45, 7) is 2.66. The molecule has 0 saturated heterocycles. The highest BCUT2D eigenvalue weighted by atomic mass is 32.2. The minimum absolute atomic E-state index is 0.0557. The summed E-state index contributed by atoms with van der Waals surface area (Å²) in [5.41, 5.74) is 6.21. The number of unbranched alkanes of at least 4 members (excludes halogenated alkanes) is 2. The number of anilines is 1. The van der Waals surface area contributed by atoms with Gasteiger partial charge in [-0.3, -0.25) is 23.4 Å². The number of rotatable bonds is 9. The molecule has 0 aliphatic heterocycles. The fraction of sp³-hybridized carbons (Fsp3) is 0.286. The van der Waals surface area contributed by atoms with E-state index in [1.807, 2.05) is 22.6 Å². The number of benzene rings is 1. The summed E-state index contributed by atoms with van der Waals surface area (Å²) >= 11 is 2.44. The lowest BCUT2D eigenvalue weighted by atomic mass is 10.2. The summed E-state index contributed by atoms with van der Waals surface area (Å²) in [5, 5.41) is 14.4. The monoisotopic (exact) mass is 470 g/mol. The highest BCUT2D eigenvalue weighted by Crippen LogP contribution is 2.25. The van der Waals surface area contributed by atoms with Crippen molar-refractivity contribution >= 4 is 56.6 Å². The number of amides is 2. The Kier molecular flexibility index (Phi) is 6.56. The molecule has 3 heterocycles. The van der Waals surface area contributed by atoms with Gasteiger partial charge in [-0.2, -0.15) is 0 Å². The van der Waals surface area contributed by atoms with Crippen molar-refractivity contribution < 1.29 is 9.59 Å². The number of carbonyl (C=O) groups is 2. The predicted octanol–water partition coefficient (Wildman–Crippen LogP) is 3.13. The Balaban J connectivity index is 1.63. The zero-order valence-electron chi connectivity index (χ0n) is 17.4. The number of hydrogen-bond donors (Lipinski definition) is 2. The van der Waals surface area contributed by atoms with Crippen LogP contribution in [0.3, 0.4) is 0 Å². The number of carbonyl (C=O) groups excluding carboxylic acids is 2. The number of thioether (sulfide) groups is 1. The third-order valence-corrected chi connectivity index (χ3v) is 6.74. The minimum atomic E-state index is -0.592. The number of hydrogen-bond acceptors (Lipinski definition) is 7. The molecule has 9 nitrogen and oxygen atoms in total. The van der Waals surface area contributed by atoms with Crippen LogP contribution in [0.5, 0.6) is 0 Å². The van der Waals surface area contributed by atoms with E-state index in [-0.39, 0.29) is 22.8 Å². The van der Waals surface area contributed by atoms with Crippen LogP contribution in [0, 0.1) is 0 Å². The zero-order valence-corrected chi connectivity index (χ0v) is 19.0. The van der Waals surface area contributed by atoms with Gasteiger partial charge in [-0.15, -0.1) is 21.5 Å². The summed E-state index contributed by atoms with van der Waals surface area (Å²) < 4.78 is 3.47. The maximum absolute atomic E-state index is 13.1. The van der Waals surface area contributed by atoms with E-state index in [2.05, 4.69) is 22.4 Å². The average Bonchev–Trinajstić information content (AvgIpc) is 3.42. The Hall–Kier alpha value is -3.18. The number of aryl methyl sites for hydroxylation is 1. The topological polar surface area (TPSA) is 124 Å². The first-order valence-corrected chi connectivity index (χ1v) is 12.0. The van der Waals surface area contributed by atoms with Crippen LogP contribution in [0.2, 0.25) is 0 Å². The molecule has 0 radical (unpaired) electrons. The van der Waals surface area contributed by atoms with Crippen LogP contribution in [0.1, 0.15) is 36.5 Å². The highest BCUT2D eigenvalue weighted by Gasteiger charge is 2.18. The molecule has 4 aromatic rings. The maximum Gasteiger partial charge on any atom is 0.262 e. The molecule has 166 valence electrons. The number of primary amides is 1. The molecule has 0 aliphatic carbocycles. The summed E-state index contributed by atoms with van der Waals surface area (Å²) in [5.74, 6) is -0.371.